The number of pyridine rings is 1. The van der Waals surface area contributed by atoms with Gasteiger partial charge in [-0.1, -0.05) is 0 Å². The number of aromatic nitrogens is 1. The Labute approximate surface area is 157 Å². The highest BCUT2D eigenvalue weighted by molar-refractivity contribution is 5.96. The average molecular weight is 407 g/mol. The molecule has 1 aromatic rings. The van der Waals surface area contributed by atoms with Crippen LogP contribution < -0.4 is 15.6 Å². The summed E-state index contributed by atoms with van der Waals surface area (Å²) in [6, 6.07) is -1.04. The Balaban J connectivity index is 2.30. The molecule has 1 aliphatic rings. The van der Waals surface area contributed by atoms with E-state index in [2.05, 4.69) is 5.43 Å². The molecule has 0 aliphatic carbocycles. The van der Waals surface area contributed by atoms with Crippen molar-refractivity contribution in [1.29, 1.82) is 0 Å². The lowest BCUT2D eigenvalue weighted by Gasteiger charge is -2.36. The lowest BCUT2D eigenvalue weighted by atomic mass is 10.2. The normalized spacial score (nSPS) is 16.1. The van der Waals surface area contributed by atoms with Crippen molar-refractivity contribution >= 4 is 12.1 Å². The molecule has 0 saturated heterocycles. The van der Waals surface area contributed by atoms with Gasteiger partial charge < -0.3 is 24.5 Å². The highest BCUT2D eigenvalue weighted by Gasteiger charge is 2.44. The second kappa shape index (κ2) is 7.98. The van der Waals surface area contributed by atoms with Crippen LogP contribution in [0.5, 0.6) is 5.75 Å². The molecule has 156 valence electrons. The van der Waals surface area contributed by atoms with E-state index in [0.29, 0.717) is 4.90 Å². The smallest absolute Gasteiger partial charge is 0.448 e. The summed E-state index contributed by atoms with van der Waals surface area (Å²) in [7, 11) is 0. The molecule has 0 radical (unpaired) electrons. The predicted octanol–water partition coefficient (Wildman–Crippen LogP) is 2.04. The Morgan fingerprint density at radius 1 is 1.18 bits per heavy atom. The van der Waals surface area contributed by atoms with Crippen LogP contribution in [0.1, 0.15) is 38.2 Å². The number of fused-ring (bicyclic) bond motifs is 1. The van der Waals surface area contributed by atoms with Gasteiger partial charge in [-0.2, -0.15) is 13.2 Å². The number of carbonyl (C=O) groups excluding carboxylic acids is 2. The fraction of sp³-hybridized carbons (Fsp3) is 0.562. The topological polar surface area (TPSA) is 99.1 Å². The average Bonchev–Trinajstić information content (AvgIpc) is 2.55. The van der Waals surface area contributed by atoms with Gasteiger partial charge in [0, 0.05) is 19.2 Å². The first kappa shape index (κ1) is 21.4. The molecule has 12 heteroatoms. The summed E-state index contributed by atoms with van der Waals surface area (Å²) < 4.78 is 55.0. The monoisotopic (exact) mass is 407 g/mol. The molecular formula is C16H20F3N3O6. The third kappa shape index (κ3) is 4.67. The summed E-state index contributed by atoms with van der Waals surface area (Å²) in [4.78, 5) is 36.9. The predicted molar refractivity (Wildman–Crippen MR) is 89.4 cm³/mol. The van der Waals surface area contributed by atoms with Gasteiger partial charge in [0.05, 0.1) is 6.10 Å². The van der Waals surface area contributed by atoms with Crippen LogP contribution in [0.15, 0.2) is 17.1 Å². The molecule has 1 amide bonds. The van der Waals surface area contributed by atoms with E-state index in [0.717, 1.165) is 17.7 Å². The van der Waals surface area contributed by atoms with Crippen LogP contribution in [0, 0.1) is 0 Å². The molecule has 0 spiro atoms. The SMILES string of the molecule is CC(C)OC(=O)OC(C)Oc1c2n(ccc1=O)NCN([C@H](C)C(F)(F)F)C2=O. The van der Waals surface area contributed by atoms with Crippen LogP contribution in [0.25, 0.3) is 0 Å². The molecule has 2 heterocycles. The van der Waals surface area contributed by atoms with E-state index >= 15 is 0 Å². The zero-order valence-corrected chi connectivity index (χ0v) is 15.6. The number of hydrogen-bond donors (Lipinski definition) is 1. The maximum Gasteiger partial charge on any atom is 0.511 e. The number of amides is 1. The van der Waals surface area contributed by atoms with E-state index in [4.69, 9.17) is 14.2 Å². The van der Waals surface area contributed by atoms with Crippen molar-refractivity contribution in [2.75, 3.05) is 12.1 Å². The minimum atomic E-state index is -4.66. The minimum Gasteiger partial charge on any atom is -0.448 e. The number of rotatable bonds is 5. The van der Waals surface area contributed by atoms with E-state index in [1.165, 1.54) is 13.1 Å². The van der Waals surface area contributed by atoms with Crippen molar-refractivity contribution in [3.8, 4) is 5.75 Å². The highest BCUT2D eigenvalue weighted by Crippen LogP contribution is 2.28. The quantitative estimate of drug-likeness (QED) is 0.589. The van der Waals surface area contributed by atoms with Gasteiger partial charge in [-0.05, 0) is 20.8 Å². The van der Waals surface area contributed by atoms with Gasteiger partial charge in [-0.25, -0.2) is 4.79 Å². The van der Waals surface area contributed by atoms with E-state index < -0.39 is 60.2 Å². The Morgan fingerprint density at radius 2 is 1.82 bits per heavy atom. The van der Waals surface area contributed by atoms with Gasteiger partial charge in [0.1, 0.15) is 12.7 Å². The van der Waals surface area contributed by atoms with Gasteiger partial charge in [-0.3, -0.25) is 14.3 Å². The van der Waals surface area contributed by atoms with Gasteiger partial charge >= 0.3 is 12.3 Å². The highest BCUT2D eigenvalue weighted by atomic mass is 19.4. The first-order valence-corrected chi connectivity index (χ1v) is 8.33. The van der Waals surface area contributed by atoms with Crippen LogP contribution in [0.4, 0.5) is 18.0 Å². The number of halogens is 3. The van der Waals surface area contributed by atoms with Crippen LogP contribution in [-0.2, 0) is 9.47 Å². The number of carbonyl (C=O) groups is 2. The molecule has 1 unspecified atom stereocenters. The lowest BCUT2D eigenvalue weighted by Crippen LogP contribution is -2.54. The van der Waals surface area contributed by atoms with E-state index in [-0.39, 0.29) is 0 Å². The molecule has 1 aliphatic heterocycles. The summed E-state index contributed by atoms with van der Waals surface area (Å²) in [6.45, 7) is 4.84. The number of nitrogens with zero attached hydrogens (tertiary/aromatic N) is 2. The largest absolute Gasteiger partial charge is 0.511 e. The summed E-state index contributed by atoms with van der Waals surface area (Å²) in [5.41, 5.74) is 1.36. The van der Waals surface area contributed by atoms with Crippen molar-refractivity contribution in [1.82, 2.24) is 9.58 Å². The van der Waals surface area contributed by atoms with Crippen molar-refractivity contribution in [3.05, 3.63) is 28.2 Å². The molecule has 9 nitrogen and oxygen atoms in total. The second-order valence-electron chi connectivity index (χ2n) is 6.26. The first-order valence-electron chi connectivity index (χ1n) is 8.33. The molecule has 0 saturated carbocycles. The second-order valence-corrected chi connectivity index (χ2v) is 6.26. The fourth-order valence-corrected chi connectivity index (χ4v) is 2.36. The van der Waals surface area contributed by atoms with Crippen molar-refractivity contribution in [2.45, 2.75) is 52.3 Å². The molecule has 0 bridgehead atoms. The summed E-state index contributed by atoms with van der Waals surface area (Å²) in [5.74, 6) is -1.61. The van der Waals surface area contributed by atoms with Crippen molar-refractivity contribution < 1.29 is 37.0 Å². The lowest BCUT2D eigenvalue weighted by molar-refractivity contribution is -0.172. The van der Waals surface area contributed by atoms with Crippen molar-refractivity contribution in [2.24, 2.45) is 0 Å². The molecule has 28 heavy (non-hydrogen) atoms. The molecule has 2 rings (SSSR count). The van der Waals surface area contributed by atoms with E-state index in [9.17, 15) is 27.6 Å². The Bertz CT molecular complexity index is 808. The summed E-state index contributed by atoms with van der Waals surface area (Å²) in [5, 5.41) is 0. The maximum atomic E-state index is 13.0. The summed E-state index contributed by atoms with van der Waals surface area (Å²) >= 11 is 0. The standard InChI is InChI=1S/C16H20F3N3O6/c1-8(2)26-15(25)28-10(4)27-13-11(23)5-6-22-12(13)14(24)21(7-20-22)9(3)16(17,18)19/h5-6,8-10,20H,7H2,1-4H3/t9-,10?/m1/s1. The molecular weight excluding hydrogens is 387 g/mol. The number of alkyl halides is 3. The van der Waals surface area contributed by atoms with Gasteiger partial charge in [0.15, 0.2) is 5.69 Å². The Hall–Kier alpha value is -2.92. The van der Waals surface area contributed by atoms with Crippen LogP contribution in [0.2, 0.25) is 0 Å². The fourth-order valence-electron chi connectivity index (χ4n) is 2.36. The van der Waals surface area contributed by atoms with E-state index in [1.54, 1.807) is 13.8 Å². The van der Waals surface area contributed by atoms with Gasteiger partial charge in [-0.15, -0.1) is 0 Å². The zero-order chi connectivity index (χ0) is 21.2. The number of hydrogen-bond acceptors (Lipinski definition) is 7. The van der Waals surface area contributed by atoms with Crippen LogP contribution in [-0.4, -0.2) is 52.9 Å². The van der Waals surface area contributed by atoms with Crippen molar-refractivity contribution in [3.63, 3.8) is 0 Å². The number of nitrogens with one attached hydrogen (secondary N) is 1. The maximum absolute atomic E-state index is 13.0. The third-order valence-electron chi connectivity index (χ3n) is 3.75. The third-order valence-corrected chi connectivity index (χ3v) is 3.75. The Kier molecular flexibility index (Phi) is 6.10. The molecule has 1 N–H and O–H groups in total. The Morgan fingerprint density at radius 3 is 2.39 bits per heavy atom. The zero-order valence-electron chi connectivity index (χ0n) is 15.6. The first-order chi connectivity index (χ1) is 12.9. The van der Waals surface area contributed by atoms with Gasteiger partial charge in [0.2, 0.25) is 17.5 Å². The molecule has 2 atom stereocenters. The molecule has 0 fully saturated rings. The van der Waals surface area contributed by atoms with Crippen LogP contribution >= 0.6 is 0 Å². The molecule has 1 aromatic heterocycles. The number of ether oxygens (including phenoxy) is 3. The molecule has 0 aromatic carbocycles. The van der Waals surface area contributed by atoms with Gasteiger partial charge in [0.25, 0.3) is 5.91 Å². The summed E-state index contributed by atoms with van der Waals surface area (Å²) in [6.07, 6.45) is -6.33. The van der Waals surface area contributed by atoms with Crippen LogP contribution in [0.3, 0.4) is 0 Å². The van der Waals surface area contributed by atoms with E-state index in [1.807, 2.05) is 0 Å². The minimum absolute atomic E-state index is 0.429.